The summed E-state index contributed by atoms with van der Waals surface area (Å²) in [5, 5.41) is 10.6. The van der Waals surface area contributed by atoms with Gasteiger partial charge < -0.3 is 4.42 Å². The predicted octanol–water partition coefficient (Wildman–Crippen LogP) is 11.3. The first-order valence-electron chi connectivity index (χ1n) is 17.1. The van der Waals surface area contributed by atoms with Crippen molar-refractivity contribution in [1.82, 2.24) is 9.55 Å². The molecular weight excluding hydrogens is 623 g/mol. The van der Waals surface area contributed by atoms with Crippen LogP contribution in [0.3, 0.4) is 0 Å². The molecule has 1 unspecified atom stereocenters. The number of benzene rings is 7. The third kappa shape index (κ3) is 4.22. The van der Waals surface area contributed by atoms with Crippen LogP contribution in [0.15, 0.2) is 181 Å². The molecule has 238 valence electrons. The summed E-state index contributed by atoms with van der Waals surface area (Å²) in [6.07, 6.45) is 1.79. The maximum atomic E-state index is 9.51. The molecule has 4 nitrogen and oxygen atoms in total. The van der Waals surface area contributed by atoms with Gasteiger partial charge in [0.05, 0.1) is 34.3 Å². The first-order valence-corrected chi connectivity index (χ1v) is 17.1. The monoisotopic (exact) mass is 651 g/mol. The maximum absolute atomic E-state index is 9.51. The molecular formula is C47H29N3O. The zero-order chi connectivity index (χ0) is 33.9. The molecule has 10 rings (SSSR count). The third-order valence-electron chi connectivity index (χ3n) is 10.4. The Morgan fingerprint density at radius 2 is 1.25 bits per heavy atom. The molecule has 1 aliphatic rings. The second kappa shape index (κ2) is 11.3. The van der Waals surface area contributed by atoms with Crippen LogP contribution in [-0.2, 0) is 5.41 Å². The Kier molecular flexibility index (Phi) is 6.43. The van der Waals surface area contributed by atoms with Crippen molar-refractivity contribution < 1.29 is 4.42 Å². The van der Waals surface area contributed by atoms with Crippen LogP contribution in [0, 0.1) is 11.3 Å². The van der Waals surface area contributed by atoms with Crippen LogP contribution < -0.4 is 0 Å². The van der Waals surface area contributed by atoms with Gasteiger partial charge in [-0.15, -0.1) is 0 Å². The van der Waals surface area contributed by atoms with Crippen molar-refractivity contribution in [1.29, 1.82) is 5.26 Å². The normalized spacial score (nSPS) is 14.7. The van der Waals surface area contributed by atoms with Gasteiger partial charge in [0.25, 0.3) is 0 Å². The SMILES string of the molecule is N#Cc1ccc(-c2cc3c(c4ccoc24)-c2ccccc2C3(c2ccccc2)c2ccc(-c3nc4ccccc4n3-c3ccccc3)cc2)cc1. The number of furan rings is 1. The highest BCUT2D eigenvalue weighted by molar-refractivity contribution is 6.08. The van der Waals surface area contributed by atoms with E-state index < -0.39 is 5.41 Å². The van der Waals surface area contributed by atoms with E-state index in [1.54, 1.807) is 6.26 Å². The molecule has 7 aromatic carbocycles. The van der Waals surface area contributed by atoms with Crippen molar-refractivity contribution in [3.63, 3.8) is 0 Å². The van der Waals surface area contributed by atoms with Crippen molar-refractivity contribution in [2.75, 3.05) is 0 Å². The predicted molar refractivity (Wildman–Crippen MR) is 204 cm³/mol. The Hall–Kier alpha value is -6.96. The smallest absolute Gasteiger partial charge is 0.145 e. The van der Waals surface area contributed by atoms with Crippen molar-refractivity contribution >= 4 is 22.0 Å². The van der Waals surface area contributed by atoms with E-state index in [1.165, 1.54) is 33.4 Å². The van der Waals surface area contributed by atoms with Gasteiger partial charge in [0, 0.05) is 22.2 Å². The van der Waals surface area contributed by atoms with E-state index in [4.69, 9.17) is 9.40 Å². The minimum atomic E-state index is -0.613. The largest absolute Gasteiger partial charge is 0.464 e. The molecule has 0 saturated carbocycles. The van der Waals surface area contributed by atoms with Gasteiger partial charge in [0.1, 0.15) is 11.4 Å². The second-order valence-electron chi connectivity index (χ2n) is 13.0. The van der Waals surface area contributed by atoms with Crippen LogP contribution in [0.25, 0.3) is 61.3 Å². The molecule has 9 aromatic rings. The van der Waals surface area contributed by atoms with E-state index >= 15 is 0 Å². The van der Waals surface area contributed by atoms with Crippen molar-refractivity contribution in [2.45, 2.75) is 5.41 Å². The molecule has 2 aromatic heterocycles. The number of imidazole rings is 1. The number of hydrogen-bond acceptors (Lipinski definition) is 3. The fourth-order valence-corrected chi connectivity index (χ4v) is 8.24. The molecule has 0 saturated heterocycles. The molecule has 0 radical (unpaired) electrons. The Morgan fingerprint density at radius 1 is 0.588 bits per heavy atom. The zero-order valence-corrected chi connectivity index (χ0v) is 27.5. The Balaban J connectivity index is 1.24. The summed E-state index contributed by atoms with van der Waals surface area (Å²) in [6.45, 7) is 0. The van der Waals surface area contributed by atoms with Crippen LogP contribution in [-0.4, -0.2) is 9.55 Å². The van der Waals surface area contributed by atoms with Crippen molar-refractivity contribution in [2.24, 2.45) is 0 Å². The molecule has 1 atom stereocenters. The minimum absolute atomic E-state index is 0.613. The van der Waals surface area contributed by atoms with Crippen molar-refractivity contribution in [3.05, 3.63) is 204 Å². The molecule has 0 N–H and O–H groups in total. The van der Waals surface area contributed by atoms with Gasteiger partial charge in [-0.05, 0) is 87.5 Å². The highest BCUT2D eigenvalue weighted by atomic mass is 16.3. The zero-order valence-electron chi connectivity index (χ0n) is 27.5. The number of fused-ring (bicyclic) bond motifs is 6. The van der Waals surface area contributed by atoms with Crippen LogP contribution in [0.2, 0.25) is 0 Å². The number of aromatic nitrogens is 2. The fraction of sp³-hybridized carbons (Fsp3) is 0.0213. The van der Waals surface area contributed by atoms with Crippen LogP contribution in [0.4, 0.5) is 0 Å². The summed E-state index contributed by atoms with van der Waals surface area (Å²) in [5.41, 5.74) is 14.2. The summed E-state index contributed by atoms with van der Waals surface area (Å²) >= 11 is 0. The molecule has 0 bridgehead atoms. The summed E-state index contributed by atoms with van der Waals surface area (Å²) in [5.74, 6) is 0.901. The van der Waals surface area contributed by atoms with E-state index in [-0.39, 0.29) is 0 Å². The van der Waals surface area contributed by atoms with Crippen molar-refractivity contribution in [3.8, 4) is 45.4 Å². The highest BCUT2D eigenvalue weighted by Crippen LogP contribution is 2.59. The number of hydrogen-bond donors (Lipinski definition) is 0. The Morgan fingerprint density at radius 3 is 2.04 bits per heavy atom. The third-order valence-corrected chi connectivity index (χ3v) is 10.4. The lowest BCUT2D eigenvalue weighted by Gasteiger charge is -2.34. The number of nitrogens with zero attached hydrogens (tertiary/aromatic N) is 3. The molecule has 1 aliphatic carbocycles. The molecule has 0 fully saturated rings. The molecule has 0 aliphatic heterocycles. The Labute approximate surface area is 295 Å². The first kappa shape index (κ1) is 29.0. The van der Waals surface area contributed by atoms with E-state index in [0.29, 0.717) is 5.56 Å². The first-order chi connectivity index (χ1) is 25.3. The van der Waals surface area contributed by atoms with E-state index in [0.717, 1.165) is 50.2 Å². The quantitative estimate of drug-likeness (QED) is 0.186. The highest BCUT2D eigenvalue weighted by Gasteiger charge is 2.47. The lowest BCUT2D eigenvalue weighted by Crippen LogP contribution is -2.28. The van der Waals surface area contributed by atoms with E-state index in [2.05, 4.69) is 144 Å². The number of para-hydroxylation sites is 3. The molecule has 0 spiro atoms. The summed E-state index contributed by atoms with van der Waals surface area (Å²) in [4.78, 5) is 5.15. The van der Waals surface area contributed by atoms with Gasteiger partial charge in [-0.25, -0.2) is 4.98 Å². The number of rotatable bonds is 5. The van der Waals surface area contributed by atoms with Gasteiger partial charge in [-0.3, -0.25) is 4.57 Å². The van der Waals surface area contributed by atoms with Gasteiger partial charge in [-0.2, -0.15) is 5.26 Å². The van der Waals surface area contributed by atoms with Crippen LogP contribution >= 0.6 is 0 Å². The maximum Gasteiger partial charge on any atom is 0.145 e. The summed E-state index contributed by atoms with van der Waals surface area (Å²) in [7, 11) is 0. The molecule has 2 heterocycles. The van der Waals surface area contributed by atoms with Gasteiger partial charge >= 0.3 is 0 Å². The molecule has 51 heavy (non-hydrogen) atoms. The summed E-state index contributed by atoms with van der Waals surface area (Å²) < 4.78 is 8.49. The lowest BCUT2D eigenvalue weighted by molar-refractivity contribution is 0.616. The fourth-order valence-electron chi connectivity index (χ4n) is 8.24. The minimum Gasteiger partial charge on any atom is -0.464 e. The topological polar surface area (TPSA) is 54.8 Å². The van der Waals surface area contributed by atoms with Gasteiger partial charge in [0.2, 0.25) is 0 Å². The lowest BCUT2D eigenvalue weighted by atomic mass is 9.67. The standard InChI is InChI=1S/C47H29N3O/c48-30-31-19-21-32(22-20-31)39-29-41-44(38-27-28-51-45(38)39)37-15-7-8-16-40(37)47(41,34-11-3-1-4-12-34)35-25-23-33(24-26-35)46-49-42-17-9-10-18-43(42)50(46)36-13-5-2-6-14-36/h1-29H. The Bertz CT molecular complexity index is 2790. The average molecular weight is 652 g/mol. The van der Waals surface area contributed by atoms with E-state index in [1.807, 2.05) is 36.4 Å². The van der Waals surface area contributed by atoms with Crippen LogP contribution in [0.5, 0.6) is 0 Å². The van der Waals surface area contributed by atoms with Gasteiger partial charge in [-0.1, -0.05) is 121 Å². The van der Waals surface area contributed by atoms with E-state index in [9.17, 15) is 5.26 Å². The number of nitriles is 1. The molecule has 0 amide bonds. The molecule has 4 heteroatoms. The van der Waals surface area contributed by atoms with Crippen LogP contribution in [0.1, 0.15) is 27.8 Å². The van der Waals surface area contributed by atoms with Gasteiger partial charge in [0.15, 0.2) is 0 Å². The second-order valence-corrected chi connectivity index (χ2v) is 13.0. The average Bonchev–Trinajstić information content (AvgIpc) is 3.92. The summed E-state index contributed by atoms with van der Waals surface area (Å²) in [6, 6.07) is 61.8.